The summed E-state index contributed by atoms with van der Waals surface area (Å²) in [5, 5.41) is 12.9. The highest BCUT2D eigenvalue weighted by Gasteiger charge is 1.97. The molecule has 0 aliphatic heterocycles. The zero-order chi connectivity index (χ0) is 18.5. The first-order valence-electron chi connectivity index (χ1n) is 8.59. The lowest BCUT2D eigenvalue weighted by Gasteiger charge is -2.13. The SMILES string of the molecule is CN(CCSSCCN(C)/N=C/c1ccccc1)N=Cc1ccccc1. The van der Waals surface area contributed by atoms with Crippen molar-refractivity contribution in [3.63, 3.8) is 0 Å². The van der Waals surface area contributed by atoms with Crippen molar-refractivity contribution in [2.24, 2.45) is 10.2 Å². The number of hydrogen-bond acceptors (Lipinski definition) is 6. The van der Waals surface area contributed by atoms with Gasteiger partial charge in [-0.15, -0.1) is 0 Å². The second kappa shape index (κ2) is 12.4. The fraction of sp³-hybridized carbons (Fsp3) is 0.300. The molecule has 0 heterocycles. The van der Waals surface area contributed by atoms with E-state index in [4.69, 9.17) is 0 Å². The smallest absolute Gasteiger partial charge is 0.0542 e. The molecule has 0 radical (unpaired) electrons. The highest BCUT2D eigenvalue weighted by Crippen LogP contribution is 2.20. The molecule has 6 heteroatoms. The predicted octanol–water partition coefficient (Wildman–Crippen LogP) is 4.30. The van der Waals surface area contributed by atoms with Crippen molar-refractivity contribution >= 4 is 34.0 Å². The van der Waals surface area contributed by atoms with Crippen molar-refractivity contribution in [1.82, 2.24) is 10.0 Å². The summed E-state index contributed by atoms with van der Waals surface area (Å²) < 4.78 is 0. The number of hydrazone groups is 2. The highest BCUT2D eigenvalue weighted by molar-refractivity contribution is 8.76. The normalized spacial score (nSPS) is 11.3. The van der Waals surface area contributed by atoms with Crippen molar-refractivity contribution in [2.45, 2.75) is 0 Å². The van der Waals surface area contributed by atoms with Crippen molar-refractivity contribution in [3.8, 4) is 0 Å². The molecular formula is C20H26N4S2. The van der Waals surface area contributed by atoms with Crippen LogP contribution in [0.1, 0.15) is 11.1 Å². The molecule has 2 aromatic rings. The van der Waals surface area contributed by atoms with E-state index in [9.17, 15) is 0 Å². The summed E-state index contributed by atoms with van der Waals surface area (Å²) in [6, 6.07) is 20.3. The molecule has 0 unspecified atom stereocenters. The third-order valence-corrected chi connectivity index (χ3v) is 5.85. The fourth-order valence-electron chi connectivity index (χ4n) is 1.98. The third-order valence-electron chi connectivity index (χ3n) is 3.49. The van der Waals surface area contributed by atoms with Gasteiger partial charge in [0.05, 0.1) is 12.4 Å². The highest BCUT2D eigenvalue weighted by atomic mass is 33.1. The van der Waals surface area contributed by atoms with E-state index in [1.165, 1.54) is 0 Å². The molecule has 0 spiro atoms. The second-order valence-electron chi connectivity index (χ2n) is 5.72. The summed E-state index contributed by atoms with van der Waals surface area (Å²) in [7, 11) is 7.79. The van der Waals surface area contributed by atoms with Crippen LogP contribution in [-0.2, 0) is 0 Å². The fourth-order valence-corrected chi connectivity index (χ4v) is 4.05. The van der Waals surface area contributed by atoms with Crippen LogP contribution in [0.4, 0.5) is 0 Å². The van der Waals surface area contributed by atoms with Crippen LogP contribution in [-0.4, -0.2) is 61.1 Å². The molecule has 0 amide bonds. The van der Waals surface area contributed by atoms with Gasteiger partial charge in [0.15, 0.2) is 0 Å². The average molecular weight is 387 g/mol. The van der Waals surface area contributed by atoms with Crippen LogP contribution in [0.5, 0.6) is 0 Å². The number of nitrogens with zero attached hydrogens (tertiary/aromatic N) is 4. The monoisotopic (exact) mass is 386 g/mol. The van der Waals surface area contributed by atoms with Crippen LogP contribution in [0, 0.1) is 0 Å². The Balaban J connectivity index is 1.52. The summed E-state index contributed by atoms with van der Waals surface area (Å²) in [6.45, 7) is 1.87. The van der Waals surface area contributed by atoms with Gasteiger partial charge in [0.2, 0.25) is 0 Å². The van der Waals surface area contributed by atoms with E-state index in [0.29, 0.717) is 0 Å². The largest absolute Gasteiger partial charge is 0.299 e. The average Bonchev–Trinajstić information content (AvgIpc) is 2.69. The van der Waals surface area contributed by atoms with Crippen LogP contribution >= 0.6 is 21.6 Å². The number of benzene rings is 2. The number of hydrogen-bond donors (Lipinski definition) is 0. The van der Waals surface area contributed by atoms with E-state index < -0.39 is 0 Å². The van der Waals surface area contributed by atoms with Gasteiger partial charge in [-0.3, -0.25) is 10.0 Å². The molecule has 0 bridgehead atoms. The molecule has 0 aliphatic carbocycles. The molecule has 2 rings (SSSR count). The molecule has 4 nitrogen and oxygen atoms in total. The Bertz CT molecular complexity index is 603. The van der Waals surface area contributed by atoms with Crippen LogP contribution in [0.15, 0.2) is 70.9 Å². The number of rotatable bonds is 11. The van der Waals surface area contributed by atoms with Gasteiger partial charge in [-0.2, -0.15) is 10.2 Å². The van der Waals surface area contributed by atoms with Crippen LogP contribution in [0.3, 0.4) is 0 Å². The molecule has 26 heavy (non-hydrogen) atoms. The zero-order valence-electron chi connectivity index (χ0n) is 15.4. The molecule has 0 saturated heterocycles. The Morgan fingerprint density at radius 2 is 1.08 bits per heavy atom. The molecule has 0 aliphatic rings. The topological polar surface area (TPSA) is 31.2 Å². The minimum absolute atomic E-state index is 0.934. The lowest BCUT2D eigenvalue weighted by molar-refractivity contribution is 0.380. The summed E-state index contributed by atoms with van der Waals surface area (Å²) in [5.41, 5.74) is 2.25. The first-order chi connectivity index (χ1) is 12.7. The van der Waals surface area contributed by atoms with Gasteiger partial charge >= 0.3 is 0 Å². The molecular weight excluding hydrogens is 360 g/mol. The maximum atomic E-state index is 4.45. The summed E-state index contributed by atoms with van der Waals surface area (Å²) in [5.74, 6) is 2.09. The Labute approximate surface area is 164 Å². The van der Waals surface area contributed by atoms with Crippen molar-refractivity contribution in [1.29, 1.82) is 0 Å². The lowest BCUT2D eigenvalue weighted by atomic mass is 10.2. The van der Waals surface area contributed by atoms with Gasteiger partial charge in [-0.05, 0) is 11.1 Å². The molecule has 0 atom stereocenters. The standard InChI is InChI=1S/C20H26N4S2/c1-23(21-17-19-9-5-3-6-10-19)13-15-25-26-16-14-24(2)22-18-20-11-7-4-8-12-20/h3-12,17-18H,13-16H2,1-2H3/b21-17+,22-18?. The van der Waals surface area contributed by atoms with Crippen LogP contribution in [0.2, 0.25) is 0 Å². The summed E-state index contributed by atoms with van der Waals surface area (Å²) in [6.07, 6.45) is 3.80. The van der Waals surface area contributed by atoms with Gasteiger partial charge in [0, 0.05) is 38.7 Å². The van der Waals surface area contributed by atoms with E-state index in [0.717, 1.165) is 35.7 Å². The summed E-state index contributed by atoms with van der Waals surface area (Å²) >= 11 is 0. The van der Waals surface area contributed by atoms with E-state index >= 15 is 0 Å². The minimum Gasteiger partial charge on any atom is -0.299 e. The van der Waals surface area contributed by atoms with Crippen LogP contribution < -0.4 is 0 Å². The first kappa shape index (κ1) is 20.4. The Morgan fingerprint density at radius 1 is 0.692 bits per heavy atom. The Morgan fingerprint density at radius 3 is 1.46 bits per heavy atom. The van der Waals surface area contributed by atoms with E-state index in [2.05, 4.69) is 34.5 Å². The van der Waals surface area contributed by atoms with Crippen LogP contribution in [0.25, 0.3) is 0 Å². The van der Waals surface area contributed by atoms with Gasteiger partial charge in [-0.1, -0.05) is 82.3 Å². The van der Waals surface area contributed by atoms with Crippen molar-refractivity contribution in [3.05, 3.63) is 71.8 Å². The summed E-state index contributed by atoms with van der Waals surface area (Å²) in [4.78, 5) is 0. The maximum absolute atomic E-state index is 4.45. The van der Waals surface area contributed by atoms with E-state index in [-0.39, 0.29) is 0 Å². The van der Waals surface area contributed by atoms with Crippen molar-refractivity contribution in [2.75, 3.05) is 38.7 Å². The van der Waals surface area contributed by atoms with Gasteiger partial charge in [0.1, 0.15) is 0 Å². The Kier molecular flexibility index (Phi) is 9.75. The maximum Gasteiger partial charge on any atom is 0.0542 e. The quantitative estimate of drug-likeness (QED) is 0.249. The van der Waals surface area contributed by atoms with E-state index in [1.807, 2.05) is 94.5 Å². The second-order valence-corrected chi connectivity index (χ2v) is 8.42. The zero-order valence-corrected chi connectivity index (χ0v) is 17.0. The van der Waals surface area contributed by atoms with Crippen molar-refractivity contribution < 1.29 is 0 Å². The molecule has 0 aromatic heterocycles. The molecule has 2 aromatic carbocycles. The molecule has 0 fully saturated rings. The molecule has 0 saturated carbocycles. The van der Waals surface area contributed by atoms with Gasteiger partial charge in [-0.25, -0.2) is 0 Å². The van der Waals surface area contributed by atoms with Gasteiger partial charge in [0.25, 0.3) is 0 Å². The molecule has 138 valence electrons. The lowest BCUT2D eigenvalue weighted by Crippen LogP contribution is -2.15. The first-order valence-corrected chi connectivity index (χ1v) is 11.1. The minimum atomic E-state index is 0.934. The predicted molar refractivity (Wildman–Crippen MR) is 118 cm³/mol. The third kappa shape index (κ3) is 8.97. The molecule has 0 N–H and O–H groups in total. The van der Waals surface area contributed by atoms with E-state index in [1.54, 1.807) is 0 Å². The Hall–Kier alpha value is -1.92. The van der Waals surface area contributed by atoms with Gasteiger partial charge < -0.3 is 0 Å².